The molecular formula is C49H84O15P2. The van der Waals surface area contributed by atoms with Crippen molar-refractivity contribution in [3.63, 3.8) is 0 Å². The van der Waals surface area contributed by atoms with Gasteiger partial charge in [0, 0.05) is 12.8 Å². The lowest BCUT2D eigenvalue weighted by Gasteiger charge is -2.19. The van der Waals surface area contributed by atoms with Gasteiger partial charge in [-0.15, -0.1) is 0 Å². The molecule has 380 valence electrons. The Morgan fingerprint density at radius 2 is 0.758 bits per heavy atom. The van der Waals surface area contributed by atoms with Gasteiger partial charge in [0.15, 0.2) is 0 Å². The number of rotatable bonds is 45. The minimum absolute atomic E-state index is 0.143. The predicted octanol–water partition coefficient (Wildman–Crippen LogP) is 10.9. The molecule has 0 amide bonds. The zero-order valence-corrected chi connectivity index (χ0v) is 41.6. The van der Waals surface area contributed by atoms with Crippen LogP contribution in [0.5, 0.6) is 0 Å². The van der Waals surface area contributed by atoms with Crippen molar-refractivity contribution in [2.24, 2.45) is 0 Å². The van der Waals surface area contributed by atoms with E-state index in [1.165, 1.54) is 57.8 Å². The van der Waals surface area contributed by atoms with Gasteiger partial charge in [-0.1, -0.05) is 163 Å². The van der Waals surface area contributed by atoms with E-state index in [1.807, 2.05) is 54.7 Å². The first kappa shape index (κ1) is 63.2. The molecule has 0 fully saturated rings. The largest absolute Gasteiger partial charge is 0.472 e. The topological polar surface area (TPSA) is 225 Å². The fraction of sp³-hybridized carbons (Fsp3) is 0.673. The smallest absolute Gasteiger partial charge is 0.463 e. The molecule has 0 aromatic rings. The number of allylic oxidation sites excluding steroid dienone is 14. The Kier molecular flexibility index (Phi) is 42.8. The Morgan fingerprint density at radius 3 is 1.18 bits per heavy atom. The van der Waals surface area contributed by atoms with Crippen molar-refractivity contribution in [1.82, 2.24) is 0 Å². The summed E-state index contributed by atoms with van der Waals surface area (Å²) in [6.07, 6.45) is 45.7. The van der Waals surface area contributed by atoms with Crippen LogP contribution in [0.4, 0.5) is 0 Å². The summed E-state index contributed by atoms with van der Waals surface area (Å²) in [7, 11) is -9.59. The summed E-state index contributed by atoms with van der Waals surface area (Å²) in [5.74, 6) is -1.04. The van der Waals surface area contributed by atoms with Gasteiger partial charge in [0.05, 0.1) is 26.4 Å². The zero-order chi connectivity index (χ0) is 48.8. The molecule has 0 aliphatic rings. The van der Waals surface area contributed by atoms with Crippen LogP contribution in [0.1, 0.15) is 155 Å². The number of hydrogen-bond acceptors (Lipinski definition) is 13. The molecular weight excluding hydrogens is 890 g/mol. The molecule has 0 aromatic carbocycles. The van der Waals surface area contributed by atoms with Crippen molar-refractivity contribution in [1.29, 1.82) is 0 Å². The number of phosphoric ester groups is 2. The molecule has 5 N–H and O–H groups in total. The van der Waals surface area contributed by atoms with Crippen LogP contribution in [0, 0.1) is 0 Å². The molecule has 0 aliphatic carbocycles. The van der Waals surface area contributed by atoms with Crippen LogP contribution < -0.4 is 0 Å². The first-order valence-corrected chi connectivity index (χ1v) is 27.0. The standard InChI is InChI=1S/C49H84O15P2/c1-3-5-7-9-11-13-15-17-19-20-21-22-24-26-28-30-32-34-36-38-49(54)60-40-46(51)42-62-66(57,58)64-44-47(52)43-63-65(55,56)61-41-45(50)39-59-48(53)37-35-33-31-29-27-25-23-18-16-14-12-10-8-6-4-2/h6,8,10-14,16-19,23,25,27,45-47,50-52H,3-5,7,9,15,20-22,24,26,28-44H2,1-2H3,(H,55,56)(H,57,58)/b8-6+,12-10+,13-11-,16-14-,19-17-,23-18-,27-25+. The molecule has 0 saturated heterocycles. The zero-order valence-electron chi connectivity index (χ0n) is 39.8. The summed E-state index contributed by atoms with van der Waals surface area (Å²) in [5, 5.41) is 30.0. The molecule has 0 aliphatic heterocycles. The number of unbranched alkanes of at least 4 members (excludes halogenated alkanes) is 15. The lowest BCUT2D eigenvalue weighted by atomic mass is 10.1. The predicted molar refractivity (Wildman–Crippen MR) is 260 cm³/mol. The minimum Gasteiger partial charge on any atom is -0.463 e. The van der Waals surface area contributed by atoms with E-state index < -0.39 is 85.5 Å². The second-order valence-corrected chi connectivity index (χ2v) is 18.8. The maximum Gasteiger partial charge on any atom is 0.472 e. The third-order valence-corrected chi connectivity index (χ3v) is 11.4. The summed E-state index contributed by atoms with van der Waals surface area (Å²) in [5.41, 5.74) is 0. The number of phosphoric acid groups is 2. The number of aliphatic hydroxyl groups excluding tert-OH is 3. The van der Waals surface area contributed by atoms with Gasteiger partial charge in [-0.05, 0) is 64.2 Å². The Balaban J connectivity index is 3.93. The summed E-state index contributed by atoms with van der Waals surface area (Å²) >= 11 is 0. The Morgan fingerprint density at radius 1 is 0.424 bits per heavy atom. The number of carbonyl (C=O) groups is 2. The second-order valence-electron chi connectivity index (χ2n) is 15.9. The summed E-state index contributed by atoms with van der Waals surface area (Å²) < 4.78 is 52.9. The number of esters is 2. The van der Waals surface area contributed by atoms with Crippen LogP contribution >= 0.6 is 15.6 Å². The number of carbonyl (C=O) groups excluding carboxylic acids is 2. The van der Waals surface area contributed by atoms with Crippen molar-refractivity contribution in [3.05, 3.63) is 85.1 Å². The van der Waals surface area contributed by atoms with E-state index in [0.717, 1.165) is 57.8 Å². The van der Waals surface area contributed by atoms with Crippen LogP contribution in [-0.4, -0.2) is 95.0 Å². The molecule has 17 heteroatoms. The molecule has 5 atom stereocenters. The first-order chi connectivity index (χ1) is 31.8. The van der Waals surface area contributed by atoms with Crippen LogP contribution in [0.3, 0.4) is 0 Å². The van der Waals surface area contributed by atoms with E-state index in [9.17, 15) is 43.8 Å². The third kappa shape index (κ3) is 46.3. The van der Waals surface area contributed by atoms with Gasteiger partial charge in [0.2, 0.25) is 0 Å². The van der Waals surface area contributed by atoms with Gasteiger partial charge in [0.25, 0.3) is 0 Å². The molecule has 0 saturated carbocycles. The average molecular weight is 975 g/mol. The molecule has 66 heavy (non-hydrogen) atoms. The van der Waals surface area contributed by atoms with E-state index in [4.69, 9.17) is 9.47 Å². The van der Waals surface area contributed by atoms with Crippen LogP contribution in [0.2, 0.25) is 0 Å². The highest BCUT2D eigenvalue weighted by Gasteiger charge is 2.28. The average Bonchev–Trinajstić information content (AvgIpc) is 3.29. The molecule has 0 spiro atoms. The van der Waals surface area contributed by atoms with E-state index in [1.54, 1.807) is 0 Å². The Labute approximate surface area is 396 Å². The molecule has 15 nitrogen and oxygen atoms in total. The van der Waals surface area contributed by atoms with Crippen molar-refractivity contribution in [2.45, 2.75) is 173 Å². The molecule has 0 rings (SSSR count). The fourth-order valence-corrected chi connectivity index (χ4v) is 7.32. The van der Waals surface area contributed by atoms with Crippen LogP contribution in [0.15, 0.2) is 85.1 Å². The maximum atomic E-state index is 12.2. The van der Waals surface area contributed by atoms with E-state index in [2.05, 4.69) is 62.3 Å². The molecule has 5 unspecified atom stereocenters. The van der Waals surface area contributed by atoms with E-state index >= 15 is 0 Å². The number of hydrogen-bond donors (Lipinski definition) is 5. The van der Waals surface area contributed by atoms with E-state index in [-0.39, 0.29) is 12.8 Å². The number of aliphatic hydroxyl groups is 3. The lowest BCUT2D eigenvalue weighted by Crippen LogP contribution is -2.25. The number of ether oxygens (including phenoxy) is 2. The summed E-state index contributed by atoms with van der Waals surface area (Å²) in [6, 6.07) is 0. The minimum atomic E-state index is -4.80. The summed E-state index contributed by atoms with van der Waals surface area (Å²) in [4.78, 5) is 43.7. The summed E-state index contributed by atoms with van der Waals surface area (Å²) in [6.45, 7) is 0.176. The molecule has 0 radical (unpaired) electrons. The van der Waals surface area contributed by atoms with E-state index in [0.29, 0.717) is 12.8 Å². The van der Waals surface area contributed by atoms with Gasteiger partial charge in [-0.25, -0.2) is 9.13 Å². The highest BCUT2D eigenvalue weighted by molar-refractivity contribution is 7.47. The maximum absolute atomic E-state index is 12.2. The molecule has 0 bridgehead atoms. The highest BCUT2D eigenvalue weighted by Crippen LogP contribution is 2.45. The molecule has 0 aromatic heterocycles. The van der Waals surface area contributed by atoms with Gasteiger partial charge in [-0.3, -0.25) is 27.7 Å². The highest BCUT2D eigenvalue weighted by atomic mass is 31.2. The Bertz CT molecular complexity index is 1510. The van der Waals surface area contributed by atoms with Gasteiger partial charge in [0.1, 0.15) is 31.5 Å². The van der Waals surface area contributed by atoms with Crippen LogP contribution in [-0.2, 0) is 46.3 Å². The molecule has 0 heterocycles. The fourth-order valence-electron chi connectivity index (χ4n) is 5.73. The van der Waals surface area contributed by atoms with Crippen molar-refractivity contribution in [3.8, 4) is 0 Å². The second kappa shape index (κ2) is 44.7. The van der Waals surface area contributed by atoms with Gasteiger partial charge < -0.3 is 34.6 Å². The SMILES string of the molecule is CC/C=C/C=C/C=C\C=C/C=C/CCCCCC(=O)OCC(O)COP(=O)(O)OCC(O)COP(=O)(O)OCC(O)COC(=O)CCCCCCCCCCC/C=C\C/C=C\CCCCC. The van der Waals surface area contributed by atoms with Gasteiger partial charge in [-0.2, -0.15) is 0 Å². The van der Waals surface area contributed by atoms with Crippen LogP contribution in [0.25, 0.3) is 0 Å². The quantitative estimate of drug-likeness (QED) is 0.0126. The first-order valence-electron chi connectivity index (χ1n) is 24.0. The van der Waals surface area contributed by atoms with Crippen molar-refractivity contribution >= 4 is 27.6 Å². The Hall–Kier alpha value is -2.78. The lowest BCUT2D eigenvalue weighted by molar-refractivity contribution is -0.148. The van der Waals surface area contributed by atoms with Crippen molar-refractivity contribution < 1.29 is 71.4 Å². The van der Waals surface area contributed by atoms with Crippen molar-refractivity contribution in [2.75, 3.05) is 39.6 Å². The third-order valence-electron chi connectivity index (χ3n) is 9.46. The van der Waals surface area contributed by atoms with Gasteiger partial charge >= 0.3 is 27.6 Å². The monoisotopic (exact) mass is 975 g/mol. The normalized spacial score (nSPS) is 15.8.